The van der Waals surface area contributed by atoms with Crippen LogP contribution in [-0.2, 0) is 19.1 Å². The quantitative estimate of drug-likeness (QED) is 0.727. The molecule has 1 atom stereocenters. The lowest BCUT2D eigenvalue weighted by Gasteiger charge is -2.31. The molecule has 25 heavy (non-hydrogen) atoms. The van der Waals surface area contributed by atoms with Crippen molar-refractivity contribution in [2.75, 3.05) is 44.3 Å². The molecule has 1 unspecified atom stereocenters. The molecule has 2 saturated heterocycles. The molecule has 2 fully saturated rings. The fraction of sp³-hybridized carbons (Fsp3) is 0.500. The van der Waals surface area contributed by atoms with E-state index in [0.29, 0.717) is 32.0 Å². The standard InChI is InChI=1S/C18H23N3O4/c1-14(22)20(8-7-19-9-11-25-12-10-19)16-13-17(23)21(18(16)24)15-5-3-2-4-6-15/h2-6,16H,7-13H2,1H3. The van der Waals surface area contributed by atoms with Crippen molar-refractivity contribution >= 4 is 23.4 Å². The van der Waals surface area contributed by atoms with Crippen LogP contribution >= 0.6 is 0 Å². The first-order valence-corrected chi connectivity index (χ1v) is 8.57. The number of carbonyl (C=O) groups excluding carboxylic acids is 3. The van der Waals surface area contributed by atoms with E-state index in [4.69, 9.17) is 4.74 Å². The van der Waals surface area contributed by atoms with E-state index in [9.17, 15) is 14.4 Å². The second-order valence-corrected chi connectivity index (χ2v) is 6.29. The fourth-order valence-electron chi connectivity index (χ4n) is 3.31. The summed E-state index contributed by atoms with van der Waals surface area (Å²) in [7, 11) is 0. The van der Waals surface area contributed by atoms with E-state index in [-0.39, 0.29) is 24.1 Å². The van der Waals surface area contributed by atoms with E-state index >= 15 is 0 Å². The van der Waals surface area contributed by atoms with Crippen LogP contribution < -0.4 is 4.90 Å². The molecule has 0 saturated carbocycles. The monoisotopic (exact) mass is 345 g/mol. The topological polar surface area (TPSA) is 70.2 Å². The Labute approximate surface area is 147 Å². The van der Waals surface area contributed by atoms with E-state index < -0.39 is 6.04 Å². The molecule has 1 aromatic rings. The summed E-state index contributed by atoms with van der Waals surface area (Å²) in [6.07, 6.45) is 0.0381. The molecule has 0 bridgehead atoms. The number of amides is 3. The van der Waals surface area contributed by atoms with Gasteiger partial charge in [-0.25, -0.2) is 4.90 Å². The minimum Gasteiger partial charge on any atom is -0.379 e. The van der Waals surface area contributed by atoms with Gasteiger partial charge in [-0.15, -0.1) is 0 Å². The van der Waals surface area contributed by atoms with Crippen molar-refractivity contribution in [1.29, 1.82) is 0 Å². The summed E-state index contributed by atoms with van der Waals surface area (Å²) in [5.74, 6) is -0.776. The number of ether oxygens (including phenoxy) is 1. The van der Waals surface area contributed by atoms with Gasteiger partial charge >= 0.3 is 0 Å². The number of para-hydroxylation sites is 1. The van der Waals surface area contributed by atoms with Gasteiger partial charge in [-0.3, -0.25) is 19.3 Å². The van der Waals surface area contributed by atoms with Crippen molar-refractivity contribution < 1.29 is 19.1 Å². The first-order chi connectivity index (χ1) is 12.1. The van der Waals surface area contributed by atoms with Crippen LogP contribution in [0.4, 0.5) is 5.69 Å². The van der Waals surface area contributed by atoms with Gasteiger partial charge < -0.3 is 9.64 Å². The fourth-order valence-corrected chi connectivity index (χ4v) is 3.31. The van der Waals surface area contributed by atoms with E-state index in [2.05, 4.69) is 4.90 Å². The van der Waals surface area contributed by atoms with Gasteiger partial charge in [0.25, 0.3) is 5.91 Å². The van der Waals surface area contributed by atoms with E-state index in [0.717, 1.165) is 13.1 Å². The van der Waals surface area contributed by atoms with Crippen LogP contribution in [0.15, 0.2) is 30.3 Å². The Bertz CT molecular complexity index is 643. The third-order valence-electron chi connectivity index (χ3n) is 4.68. The molecule has 2 aliphatic rings. The van der Waals surface area contributed by atoms with Crippen molar-refractivity contribution in [1.82, 2.24) is 9.80 Å². The van der Waals surface area contributed by atoms with Crippen LogP contribution in [-0.4, -0.2) is 73.0 Å². The van der Waals surface area contributed by atoms with Gasteiger partial charge in [0.2, 0.25) is 11.8 Å². The Kier molecular flexibility index (Phi) is 5.45. The van der Waals surface area contributed by atoms with Crippen LogP contribution in [0.5, 0.6) is 0 Å². The number of benzene rings is 1. The Morgan fingerprint density at radius 1 is 1.20 bits per heavy atom. The van der Waals surface area contributed by atoms with Gasteiger partial charge in [0.05, 0.1) is 25.3 Å². The Balaban J connectivity index is 1.70. The zero-order chi connectivity index (χ0) is 17.8. The first-order valence-electron chi connectivity index (χ1n) is 8.57. The molecule has 0 radical (unpaired) electrons. The maximum absolute atomic E-state index is 12.8. The van der Waals surface area contributed by atoms with Crippen LogP contribution in [0.3, 0.4) is 0 Å². The second-order valence-electron chi connectivity index (χ2n) is 6.29. The normalized spacial score (nSPS) is 21.6. The molecule has 0 N–H and O–H groups in total. The second kappa shape index (κ2) is 7.76. The molecule has 2 heterocycles. The number of nitrogens with zero attached hydrogens (tertiary/aromatic N) is 3. The van der Waals surface area contributed by atoms with Gasteiger partial charge in [0.15, 0.2) is 0 Å². The summed E-state index contributed by atoms with van der Waals surface area (Å²) in [6.45, 7) is 5.56. The average molecular weight is 345 g/mol. The van der Waals surface area contributed by atoms with Crippen molar-refractivity contribution in [3.05, 3.63) is 30.3 Å². The lowest BCUT2D eigenvalue weighted by atomic mass is 10.2. The summed E-state index contributed by atoms with van der Waals surface area (Å²) in [4.78, 5) is 42.2. The Morgan fingerprint density at radius 3 is 2.52 bits per heavy atom. The predicted molar refractivity (Wildman–Crippen MR) is 92.0 cm³/mol. The minimum atomic E-state index is -0.716. The zero-order valence-corrected chi connectivity index (χ0v) is 14.4. The molecule has 134 valence electrons. The van der Waals surface area contributed by atoms with Crippen LogP contribution in [0.2, 0.25) is 0 Å². The minimum absolute atomic E-state index is 0.0381. The molecular weight excluding hydrogens is 322 g/mol. The highest BCUT2D eigenvalue weighted by atomic mass is 16.5. The highest BCUT2D eigenvalue weighted by Gasteiger charge is 2.43. The zero-order valence-electron chi connectivity index (χ0n) is 14.4. The molecule has 1 aromatic carbocycles. The van der Waals surface area contributed by atoms with Crippen molar-refractivity contribution in [3.8, 4) is 0 Å². The van der Waals surface area contributed by atoms with Crippen molar-refractivity contribution in [2.24, 2.45) is 0 Å². The molecule has 0 spiro atoms. The number of imide groups is 1. The first kappa shape index (κ1) is 17.6. The maximum Gasteiger partial charge on any atom is 0.257 e. The lowest BCUT2D eigenvalue weighted by Crippen LogP contribution is -2.49. The molecule has 3 rings (SSSR count). The predicted octanol–water partition coefficient (Wildman–Crippen LogP) is 0.499. The van der Waals surface area contributed by atoms with Crippen LogP contribution in [0.25, 0.3) is 0 Å². The molecule has 7 nitrogen and oxygen atoms in total. The maximum atomic E-state index is 12.8. The van der Waals surface area contributed by atoms with E-state index in [1.54, 1.807) is 24.3 Å². The summed E-state index contributed by atoms with van der Waals surface area (Å²) < 4.78 is 5.32. The Morgan fingerprint density at radius 2 is 1.88 bits per heavy atom. The molecular formula is C18H23N3O4. The third-order valence-corrected chi connectivity index (χ3v) is 4.68. The highest BCUT2D eigenvalue weighted by molar-refractivity contribution is 6.22. The van der Waals surface area contributed by atoms with Gasteiger partial charge in [0, 0.05) is 33.1 Å². The summed E-state index contributed by atoms with van der Waals surface area (Å²) in [6, 6.07) is 8.13. The number of carbonyl (C=O) groups is 3. The summed E-state index contributed by atoms with van der Waals surface area (Å²) in [5, 5.41) is 0. The Hall–Kier alpha value is -2.25. The van der Waals surface area contributed by atoms with Crippen molar-refractivity contribution in [3.63, 3.8) is 0 Å². The summed E-state index contributed by atoms with van der Waals surface area (Å²) >= 11 is 0. The van der Waals surface area contributed by atoms with Gasteiger partial charge in [-0.2, -0.15) is 0 Å². The molecule has 7 heteroatoms. The van der Waals surface area contributed by atoms with Crippen LogP contribution in [0.1, 0.15) is 13.3 Å². The molecule has 2 aliphatic heterocycles. The number of anilines is 1. The number of rotatable bonds is 5. The largest absolute Gasteiger partial charge is 0.379 e. The van der Waals surface area contributed by atoms with E-state index in [1.807, 2.05) is 6.07 Å². The van der Waals surface area contributed by atoms with Gasteiger partial charge in [0.1, 0.15) is 6.04 Å². The average Bonchev–Trinajstić information content (AvgIpc) is 2.91. The molecule has 3 amide bonds. The number of hydrogen-bond acceptors (Lipinski definition) is 5. The SMILES string of the molecule is CC(=O)N(CCN1CCOCC1)C1CC(=O)N(c2ccccc2)C1=O. The van der Waals surface area contributed by atoms with Gasteiger partial charge in [-0.1, -0.05) is 18.2 Å². The number of morpholine rings is 1. The molecule has 0 aromatic heterocycles. The number of hydrogen-bond donors (Lipinski definition) is 0. The van der Waals surface area contributed by atoms with Crippen molar-refractivity contribution in [2.45, 2.75) is 19.4 Å². The lowest BCUT2D eigenvalue weighted by molar-refractivity contribution is -0.136. The van der Waals surface area contributed by atoms with E-state index in [1.165, 1.54) is 16.7 Å². The van der Waals surface area contributed by atoms with Crippen LogP contribution in [0, 0.1) is 0 Å². The molecule has 0 aliphatic carbocycles. The third kappa shape index (κ3) is 3.88. The highest BCUT2D eigenvalue weighted by Crippen LogP contribution is 2.25. The smallest absolute Gasteiger partial charge is 0.257 e. The summed E-state index contributed by atoms with van der Waals surface area (Å²) in [5.41, 5.74) is 0.552. The van der Waals surface area contributed by atoms with Gasteiger partial charge in [-0.05, 0) is 12.1 Å².